The van der Waals surface area contributed by atoms with Crippen LogP contribution in [0.4, 0.5) is 0 Å². The number of hydrogen-bond acceptors (Lipinski definition) is 1. The number of allylic oxidation sites excluding steroid dienone is 12. The van der Waals surface area contributed by atoms with Crippen LogP contribution in [0.1, 0.15) is 118 Å². The average Bonchev–Trinajstić information content (AvgIpc) is 3.32. The molecule has 0 spiro atoms. The first kappa shape index (κ1) is 30.8. The Kier molecular flexibility index (Phi) is 17.5. The largest absolute Gasteiger partial charge is 0.472 e. The fourth-order valence-electron chi connectivity index (χ4n) is 3.98. The second-order valence-electron chi connectivity index (χ2n) is 10.4. The smallest absolute Gasteiger partial charge is 0.0934 e. The molecule has 0 atom stereocenters. The Morgan fingerprint density at radius 3 is 1.49 bits per heavy atom. The maximum Gasteiger partial charge on any atom is 0.0934 e. The second kappa shape index (κ2) is 20.0. The molecule has 0 saturated heterocycles. The lowest BCUT2D eigenvalue weighted by atomic mass is 10.0. The van der Waals surface area contributed by atoms with Crippen molar-refractivity contribution in [2.45, 2.75) is 119 Å². The first-order chi connectivity index (χ1) is 16.9. The molecule has 0 fully saturated rings. The van der Waals surface area contributed by atoms with Gasteiger partial charge in [0.2, 0.25) is 0 Å². The zero-order valence-corrected chi connectivity index (χ0v) is 23.7. The number of furan rings is 1. The highest BCUT2D eigenvalue weighted by atomic mass is 16.3. The maximum absolute atomic E-state index is 5.10. The predicted octanol–water partition coefficient (Wildman–Crippen LogP) is 11.4. The van der Waals surface area contributed by atoms with Crippen molar-refractivity contribution in [2.24, 2.45) is 0 Å². The predicted molar refractivity (Wildman–Crippen MR) is 157 cm³/mol. The molecule has 1 heteroatoms. The topological polar surface area (TPSA) is 13.1 Å². The first-order valence-electron chi connectivity index (χ1n) is 13.8. The summed E-state index contributed by atoms with van der Waals surface area (Å²) in [5.41, 5.74) is 8.80. The lowest BCUT2D eigenvalue weighted by molar-refractivity contribution is 0.564. The lowest BCUT2D eigenvalue weighted by Crippen LogP contribution is -1.83. The van der Waals surface area contributed by atoms with Crippen LogP contribution in [0.25, 0.3) is 0 Å². The fraction of sp³-hybridized carbons (Fsp3) is 0.529. The van der Waals surface area contributed by atoms with Crippen molar-refractivity contribution >= 4 is 0 Å². The van der Waals surface area contributed by atoms with E-state index in [0.29, 0.717) is 0 Å². The zero-order chi connectivity index (χ0) is 25.7. The quantitative estimate of drug-likeness (QED) is 0.152. The van der Waals surface area contributed by atoms with E-state index in [9.17, 15) is 0 Å². The Balaban J connectivity index is 2.13. The van der Waals surface area contributed by atoms with E-state index in [1.807, 2.05) is 12.3 Å². The van der Waals surface area contributed by atoms with E-state index in [2.05, 4.69) is 84.1 Å². The summed E-state index contributed by atoms with van der Waals surface area (Å²) >= 11 is 0. The van der Waals surface area contributed by atoms with Gasteiger partial charge in [0.05, 0.1) is 12.5 Å². The van der Waals surface area contributed by atoms with Gasteiger partial charge in [-0.25, -0.2) is 0 Å². The van der Waals surface area contributed by atoms with Crippen molar-refractivity contribution < 1.29 is 4.42 Å². The Morgan fingerprint density at radius 2 is 1.03 bits per heavy atom. The molecule has 0 aliphatic rings. The van der Waals surface area contributed by atoms with Crippen molar-refractivity contribution in [3.05, 3.63) is 94.6 Å². The average molecular weight is 477 g/mol. The van der Waals surface area contributed by atoms with Crippen LogP contribution >= 0.6 is 0 Å². The fourth-order valence-corrected chi connectivity index (χ4v) is 3.98. The van der Waals surface area contributed by atoms with Gasteiger partial charge in [-0.3, -0.25) is 0 Å². The molecule has 1 heterocycles. The Labute approximate surface area is 217 Å². The van der Waals surface area contributed by atoms with Gasteiger partial charge in [0.25, 0.3) is 0 Å². The van der Waals surface area contributed by atoms with Crippen LogP contribution in [0, 0.1) is 0 Å². The minimum Gasteiger partial charge on any atom is -0.472 e. The van der Waals surface area contributed by atoms with Crippen LogP contribution in [-0.2, 0) is 6.42 Å². The third-order valence-electron chi connectivity index (χ3n) is 6.36. The molecule has 0 bridgehead atoms. The van der Waals surface area contributed by atoms with Crippen molar-refractivity contribution in [2.75, 3.05) is 0 Å². The normalized spacial score (nSPS) is 13.7. The number of aryl methyl sites for hydroxylation is 1. The summed E-state index contributed by atoms with van der Waals surface area (Å²) in [7, 11) is 0. The molecule has 0 aromatic carbocycles. The summed E-state index contributed by atoms with van der Waals surface area (Å²) in [4.78, 5) is 0. The summed E-state index contributed by atoms with van der Waals surface area (Å²) in [6, 6.07) is 2.04. The van der Waals surface area contributed by atoms with Gasteiger partial charge in [-0.15, -0.1) is 0 Å². The Hall–Kier alpha value is -2.28. The van der Waals surface area contributed by atoms with Crippen molar-refractivity contribution in [3.8, 4) is 0 Å². The Morgan fingerprint density at radius 1 is 0.571 bits per heavy atom. The standard InChI is InChI=1S/C34H52O/c1-29(2)16-12-18-31(4)20-14-22-33(6)24-15-23-32(5)21-13-19-30(3)17-10-8-7-9-11-25-34-26-27-35-28-34/h7,9,16-17,20-21,24,26-28H,8,10-15,18-19,22-23,25H2,1-6H3/b9-7+,30-17+,31-20+,32-21+,33-24+. The first-order valence-corrected chi connectivity index (χ1v) is 13.8. The zero-order valence-electron chi connectivity index (χ0n) is 23.7. The number of rotatable bonds is 18. The molecule has 0 N–H and O–H groups in total. The Bertz CT molecular complexity index is 848. The van der Waals surface area contributed by atoms with Crippen LogP contribution in [0.2, 0.25) is 0 Å². The molecular formula is C34H52O. The van der Waals surface area contributed by atoms with Crippen molar-refractivity contribution in [1.82, 2.24) is 0 Å². The van der Waals surface area contributed by atoms with Gasteiger partial charge in [-0.1, -0.05) is 70.4 Å². The van der Waals surface area contributed by atoms with E-state index in [4.69, 9.17) is 4.42 Å². The van der Waals surface area contributed by atoms with Crippen LogP contribution in [-0.4, -0.2) is 0 Å². The number of unbranched alkanes of at least 4 members (excludes halogenated alkanes) is 1. The third-order valence-corrected chi connectivity index (χ3v) is 6.36. The third kappa shape index (κ3) is 18.7. The molecule has 0 aliphatic carbocycles. The van der Waals surface area contributed by atoms with Crippen LogP contribution in [0.5, 0.6) is 0 Å². The minimum absolute atomic E-state index is 1.07. The maximum atomic E-state index is 5.10. The summed E-state index contributed by atoms with van der Waals surface area (Å²) in [6.07, 6.45) is 34.1. The van der Waals surface area contributed by atoms with Crippen molar-refractivity contribution in [3.63, 3.8) is 0 Å². The van der Waals surface area contributed by atoms with Gasteiger partial charge in [0.1, 0.15) is 0 Å². The molecule has 0 radical (unpaired) electrons. The molecule has 1 aromatic rings. The van der Waals surface area contributed by atoms with E-state index in [1.165, 1.54) is 78.4 Å². The van der Waals surface area contributed by atoms with Gasteiger partial charge in [-0.2, -0.15) is 0 Å². The van der Waals surface area contributed by atoms with E-state index in [0.717, 1.165) is 32.1 Å². The van der Waals surface area contributed by atoms with E-state index >= 15 is 0 Å². The summed E-state index contributed by atoms with van der Waals surface area (Å²) in [5.74, 6) is 0. The van der Waals surface area contributed by atoms with Crippen LogP contribution in [0.3, 0.4) is 0 Å². The molecule has 0 unspecified atom stereocenters. The molecule has 1 rings (SSSR count). The lowest BCUT2D eigenvalue weighted by Gasteiger charge is -2.03. The van der Waals surface area contributed by atoms with E-state index < -0.39 is 0 Å². The van der Waals surface area contributed by atoms with Gasteiger partial charge in [0.15, 0.2) is 0 Å². The molecule has 0 saturated carbocycles. The van der Waals surface area contributed by atoms with Gasteiger partial charge in [-0.05, 0) is 130 Å². The van der Waals surface area contributed by atoms with Crippen molar-refractivity contribution in [1.29, 1.82) is 0 Å². The van der Waals surface area contributed by atoms with E-state index in [-0.39, 0.29) is 0 Å². The molecule has 35 heavy (non-hydrogen) atoms. The number of hydrogen-bond donors (Lipinski definition) is 0. The highest BCUT2D eigenvalue weighted by Crippen LogP contribution is 2.15. The molecule has 1 nitrogen and oxygen atoms in total. The minimum atomic E-state index is 1.07. The van der Waals surface area contributed by atoms with Gasteiger partial charge < -0.3 is 4.42 Å². The summed E-state index contributed by atoms with van der Waals surface area (Å²) in [5, 5.41) is 0. The highest BCUT2D eigenvalue weighted by Gasteiger charge is 1.95. The van der Waals surface area contributed by atoms with Crippen LogP contribution in [0.15, 0.2) is 93.4 Å². The highest BCUT2D eigenvalue weighted by molar-refractivity contribution is 5.09. The summed E-state index contributed by atoms with van der Waals surface area (Å²) < 4.78 is 5.10. The summed E-state index contributed by atoms with van der Waals surface area (Å²) in [6.45, 7) is 13.5. The van der Waals surface area contributed by atoms with Gasteiger partial charge in [0, 0.05) is 0 Å². The van der Waals surface area contributed by atoms with Crippen LogP contribution < -0.4 is 0 Å². The van der Waals surface area contributed by atoms with E-state index in [1.54, 1.807) is 6.26 Å². The molecule has 1 aromatic heterocycles. The second-order valence-corrected chi connectivity index (χ2v) is 10.4. The molecule has 0 aliphatic heterocycles. The van der Waals surface area contributed by atoms with Gasteiger partial charge >= 0.3 is 0 Å². The SMILES string of the molecule is CC(C)=CCC/C(C)=C/CC/C(C)=C/CC/C(C)=C/CC/C(C)=C/CC/C=C/CCc1ccoc1. The molecule has 194 valence electrons. The molecule has 0 amide bonds. The molecular weight excluding hydrogens is 424 g/mol. The monoisotopic (exact) mass is 476 g/mol.